The number of hydrogen-bond donors (Lipinski definition) is 1. The van der Waals surface area contributed by atoms with E-state index in [1.165, 1.54) is 18.4 Å². The SMILES string of the molecule is N/C=C\C(=O)/C=C/c1ccccc1. The van der Waals surface area contributed by atoms with Crippen molar-refractivity contribution in [2.45, 2.75) is 0 Å². The molecule has 0 saturated carbocycles. The molecule has 0 aromatic heterocycles. The second kappa shape index (κ2) is 4.93. The van der Waals surface area contributed by atoms with E-state index in [1.807, 2.05) is 30.3 Å². The molecule has 0 unspecified atom stereocenters. The molecule has 0 bridgehead atoms. The standard InChI is InChI=1S/C11H11NO/c12-9-8-11(13)7-6-10-4-2-1-3-5-10/h1-9H,12H2/b7-6+,9-8-. The summed E-state index contributed by atoms with van der Waals surface area (Å²) in [4.78, 5) is 11.0. The molecule has 0 amide bonds. The molecule has 2 heteroatoms. The van der Waals surface area contributed by atoms with Crippen LogP contribution in [0.1, 0.15) is 5.56 Å². The van der Waals surface area contributed by atoms with Crippen molar-refractivity contribution in [2.24, 2.45) is 5.73 Å². The van der Waals surface area contributed by atoms with Gasteiger partial charge in [-0.25, -0.2) is 0 Å². The molecule has 2 N–H and O–H groups in total. The van der Waals surface area contributed by atoms with Crippen LogP contribution in [0.15, 0.2) is 48.7 Å². The fourth-order valence-electron chi connectivity index (χ4n) is 0.893. The Morgan fingerprint density at radius 2 is 1.85 bits per heavy atom. The van der Waals surface area contributed by atoms with Crippen LogP contribution in [-0.2, 0) is 4.79 Å². The van der Waals surface area contributed by atoms with Crippen molar-refractivity contribution in [1.82, 2.24) is 0 Å². The van der Waals surface area contributed by atoms with Crippen molar-refractivity contribution in [1.29, 1.82) is 0 Å². The first-order chi connectivity index (χ1) is 6.33. The smallest absolute Gasteiger partial charge is 0.180 e. The zero-order valence-electron chi connectivity index (χ0n) is 7.18. The zero-order chi connectivity index (χ0) is 9.52. The highest BCUT2D eigenvalue weighted by Crippen LogP contribution is 2.00. The summed E-state index contributed by atoms with van der Waals surface area (Å²) in [5, 5.41) is 0. The van der Waals surface area contributed by atoms with Gasteiger partial charge in [0, 0.05) is 6.08 Å². The molecule has 0 atom stereocenters. The molecular formula is C11H11NO. The first-order valence-corrected chi connectivity index (χ1v) is 3.98. The van der Waals surface area contributed by atoms with Crippen LogP contribution in [-0.4, -0.2) is 5.78 Å². The fourth-order valence-corrected chi connectivity index (χ4v) is 0.893. The molecule has 0 aliphatic carbocycles. The van der Waals surface area contributed by atoms with Gasteiger partial charge in [0.05, 0.1) is 0 Å². The summed E-state index contributed by atoms with van der Waals surface area (Å²) < 4.78 is 0. The summed E-state index contributed by atoms with van der Waals surface area (Å²) in [7, 11) is 0. The number of carbonyl (C=O) groups is 1. The van der Waals surface area contributed by atoms with Gasteiger partial charge in [0.15, 0.2) is 5.78 Å². The Balaban J connectivity index is 2.64. The van der Waals surface area contributed by atoms with E-state index in [9.17, 15) is 4.79 Å². The molecule has 1 aromatic rings. The van der Waals surface area contributed by atoms with Crippen molar-refractivity contribution in [3.8, 4) is 0 Å². The van der Waals surface area contributed by atoms with Gasteiger partial charge in [-0.3, -0.25) is 4.79 Å². The van der Waals surface area contributed by atoms with Crippen molar-refractivity contribution in [3.63, 3.8) is 0 Å². The van der Waals surface area contributed by atoms with Gasteiger partial charge in [-0.2, -0.15) is 0 Å². The van der Waals surface area contributed by atoms with Crippen LogP contribution >= 0.6 is 0 Å². The Bertz CT molecular complexity index is 325. The molecule has 1 rings (SSSR count). The molecule has 1 aromatic carbocycles. The zero-order valence-corrected chi connectivity index (χ0v) is 7.18. The molecule has 0 radical (unpaired) electrons. The van der Waals surface area contributed by atoms with Gasteiger partial charge in [-0.05, 0) is 17.8 Å². The minimum Gasteiger partial charge on any atom is -0.404 e. The Kier molecular flexibility index (Phi) is 3.51. The molecule has 0 fully saturated rings. The number of nitrogens with two attached hydrogens (primary N) is 1. The summed E-state index contributed by atoms with van der Waals surface area (Å²) in [6.45, 7) is 0. The summed E-state index contributed by atoms with van der Waals surface area (Å²) in [5.41, 5.74) is 6.06. The third-order valence-electron chi connectivity index (χ3n) is 1.50. The number of allylic oxidation sites excluding steroid dienone is 2. The van der Waals surface area contributed by atoms with Gasteiger partial charge >= 0.3 is 0 Å². The average molecular weight is 173 g/mol. The highest BCUT2D eigenvalue weighted by Gasteiger charge is 1.87. The van der Waals surface area contributed by atoms with Crippen LogP contribution in [0.25, 0.3) is 6.08 Å². The fraction of sp³-hybridized carbons (Fsp3) is 0. The van der Waals surface area contributed by atoms with Gasteiger partial charge < -0.3 is 5.73 Å². The monoisotopic (exact) mass is 173 g/mol. The quantitative estimate of drug-likeness (QED) is 0.707. The van der Waals surface area contributed by atoms with E-state index in [1.54, 1.807) is 6.08 Å². The predicted octanol–water partition coefficient (Wildman–Crippen LogP) is 1.74. The van der Waals surface area contributed by atoms with Crippen LogP contribution in [0, 0.1) is 0 Å². The Hall–Kier alpha value is -1.83. The van der Waals surface area contributed by atoms with Crippen molar-refractivity contribution < 1.29 is 4.79 Å². The molecule has 0 saturated heterocycles. The van der Waals surface area contributed by atoms with Crippen LogP contribution in [0.2, 0.25) is 0 Å². The van der Waals surface area contributed by atoms with E-state index in [0.717, 1.165) is 5.56 Å². The second-order valence-corrected chi connectivity index (χ2v) is 2.51. The second-order valence-electron chi connectivity index (χ2n) is 2.51. The average Bonchev–Trinajstić information content (AvgIpc) is 2.17. The molecule has 0 spiro atoms. The van der Waals surface area contributed by atoms with E-state index in [0.29, 0.717) is 0 Å². The number of benzene rings is 1. The van der Waals surface area contributed by atoms with Gasteiger partial charge in [0.25, 0.3) is 0 Å². The third kappa shape index (κ3) is 3.38. The normalized spacial score (nSPS) is 11.1. The summed E-state index contributed by atoms with van der Waals surface area (Å²) >= 11 is 0. The maximum Gasteiger partial charge on any atom is 0.180 e. The maximum absolute atomic E-state index is 11.0. The van der Waals surface area contributed by atoms with Crippen LogP contribution in [0.5, 0.6) is 0 Å². The minimum atomic E-state index is -0.105. The molecular weight excluding hydrogens is 162 g/mol. The summed E-state index contributed by atoms with van der Waals surface area (Å²) in [5.74, 6) is -0.105. The van der Waals surface area contributed by atoms with Gasteiger partial charge in [-0.15, -0.1) is 0 Å². The molecule has 66 valence electrons. The van der Waals surface area contributed by atoms with Gasteiger partial charge in [-0.1, -0.05) is 36.4 Å². The van der Waals surface area contributed by atoms with Crippen molar-refractivity contribution >= 4 is 11.9 Å². The molecule has 0 aliphatic heterocycles. The molecule has 0 aliphatic rings. The van der Waals surface area contributed by atoms with Crippen LogP contribution in [0.4, 0.5) is 0 Å². The Labute approximate surface area is 77.4 Å². The van der Waals surface area contributed by atoms with Crippen molar-refractivity contribution in [2.75, 3.05) is 0 Å². The van der Waals surface area contributed by atoms with E-state index in [-0.39, 0.29) is 5.78 Å². The summed E-state index contributed by atoms with van der Waals surface area (Å²) in [6, 6.07) is 9.62. The Morgan fingerprint density at radius 1 is 1.15 bits per heavy atom. The Morgan fingerprint density at radius 3 is 2.46 bits per heavy atom. The van der Waals surface area contributed by atoms with E-state index in [2.05, 4.69) is 0 Å². The topological polar surface area (TPSA) is 43.1 Å². The highest BCUT2D eigenvalue weighted by atomic mass is 16.1. The lowest BCUT2D eigenvalue weighted by Gasteiger charge is -1.88. The number of ketones is 1. The minimum absolute atomic E-state index is 0.105. The third-order valence-corrected chi connectivity index (χ3v) is 1.50. The molecule has 0 heterocycles. The van der Waals surface area contributed by atoms with Gasteiger partial charge in [0.1, 0.15) is 0 Å². The lowest BCUT2D eigenvalue weighted by molar-refractivity contribution is -0.110. The summed E-state index contributed by atoms with van der Waals surface area (Å²) in [6.07, 6.45) is 5.79. The van der Waals surface area contributed by atoms with Crippen LogP contribution in [0.3, 0.4) is 0 Å². The number of hydrogen-bond acceptors (Lipinski definition) is 2. The number of carbonyl (C=O) groups excluding carboxylic acids is 1. The van der Waals surface area contributed by atoms with E-state index < -0.39 is 0 Å². The van der Waals surface area contributed by atoms with Crippen LogP contribution < -0.4 is 5.73 Å². The first kappa shape index (κ1) is 9.26. The lowest BCUT2D eigenvalue weighted by Crippen LogP contribution is -1.87. The predicted molar refractivity (Wildman–Crippen MR) is 53.8 cm³/mol. The highest BCUT2D eigenvalue weighted by molar-refractivity contribution is 6.01. The maximum atomic E-state index is 11.0. The van der Waals surface area contributed by atoms with E-state index >= 15 is 0 Å². The largest absolute Gasteiger partial charge is 0.404 e. The lowest BCUT2D eigenvalue weighted by atomic mass is 10.2. The van der Waals surface area contributed by atoms with E-state index in [4.69, 9.17) is 5.73 Å². The number of rotatable bonds is 3. The first-order valence-electron chi connectivity index (χ1n) is 3.98. The van der Waals surface area contributed by atoms with Gasteiger partial charge in [0.2, 0.25) is 0 Å². The molecule has 2 nitrogen and oxygen atoms in total. The van der Waals surface area contributed by atoms with Crippen molar-refractivity contribution in [3.05, 3.63) is 54.2 Å². The molecule has 13 heavy (non-hydrogen) atoms.